The van der Waals surface area contributed by atoms with Crippen LogP contribution in [-0.4, -0.2) is 34.1 Å². The van der Waals surface area contributed by atoms with Crippen LogP contribution in [0.2, 0.25) is 5.28 Å². The molecule has 1 aliphatic carbocycles. The second-order valence-electron chi connectivity index (χ2n) is 4.09. The molecule has 0 bridgehead atoms. The number of ether oxygens (including phenoxy) is 1. The van der Waals surface area contributed by atoms with Crippen molar-refractivity contribution in [2.75, 3.05) is 12.4 Å². The summed E-state index contributed by atoms with van der Waals surface area (Å²) in [5, 5.41) is 13.9. The van der Waals surface area contributed by atoms with Gasteiger partial charge < -0.3 is 10.1 Å². The summed E-state index contributed by atoms with van der Waals surface area (Å²) in [5.74, 6) is 0.147. The van der Waals surface area contributed by atoms with Gasteiger partial charge in [-0.25, -0.2) is 4.98 Å². The molecule has 2 atom stereocenters. The lowest BCUT2D eigenvalue weighted by molar-refractivity contribution is -0.384. The summed E-state index contributed by atoms with van der Waals surface area (Å²) in [6, 6.07) is 0.0136. The SMILES string of the molecule is COC1CCCC1Nc1nc(Cl)ncc1[N+](=O)[O-]. The van der Waals surface area contributed by atoms with E-state index in [1.54, 1.807) is 7.11 Å². The average molecular weight is 273 g/mol. The number of halogens is 1. The van der Waals surface area contributed by atoms with E-state index in [-0.39, 0.29) is 28.9 Å². The van der Waals surface area contributed by atoms with Crippen molar-refractivity contribution in [1.82, 2.24) is 9.97 Å². The van der Waals surface area contributed by atoms with Crippen LogP contribution in [0.3, 0.4) is 0 Å². The van der Waals surface area contributed by atoms with Crippen molar-refractivity contribution in [3.05, 3.63) is 21.6 Å². The molecule has 0 aliphatic heterocycles. The summed E-state index contributed by atoms with van der Waals surface area (Å²) in [5.41, 5.74) is -0.179. The molecule has 1 heterocycles. The average Bonchev–Trinajstić information content (AvgIpc) is 2.76. The maximum atomic E-state index is 10.9. The Balaban J connectivity index is 2.22. The van der Waals surface area contributed by atoms with Gasteiger partial charge in [0.2, 0.25) is 11.1 Å². The highest BCUT2D eigenvalue weighted by Gasteiger charge is 2.29. The lowest BCUT2D eigenvalue weighted by Gasteiger charge is -2.19. The first-order chi connectivity index (χ1) is 8.61. The van der Waals surface area contributed by atoms with Gasteiger partial charge in [0.25, 0.3) is 0 Å². The highest BCUT2D eigenvalue weighted by atomic mass is 35.5. The molecule has 8 heteroatoms. The lowest BCUT2D eigenvalue weighted by atomic mass is 10.2. The topological polar surface area (TPSA) is 90.2 Å². The maximum absolute atomic E-state index is 10.9. The van der Waals surface area contributed by atoms with Gasteiger partial charge in [-0.05, 0) is 30.9 Å². The number of methoxy groups -OCH3 is 1. The van der Waals surface area contributed by atoms with Crippen LogP contribution in [0.15, 0.2) is 6.20 Å². The van der Waals surface area contributed by atoms with Gasteiger partial charge >= 0.3 is 5.69 Å². The second kappa shape index (κ2) is 5.45. The molecule has 1 fully saturated rings. The van der Waals surface area contributed by atoms with E-state index in [1.807, 2.05) is 0 Å². The standard InChI is InChI=1S/C10H13ClN4O3/c1-18-8-4-2-3-6(8)13-9-7(15(16)17)5-12-10(11)14-9/h5-6,8H,2-4H2,1H3,(H,12,13,14). The van der Waals surface area contributed by atoms with Crippen molar-refractivity contribution in [1.29, 1.82) is 0 Å². The summed E-state index contributed by atoms with van der Waals surface area (Å²) in [6.07, 6.45) is 3.98. The maximum Gasteiger partial charge on any atom is 0.329 e. The third-order valence-electron chi connectivity index (χ3n) is 3.01. The van der Waals surface area contributed by atoms with Gasteiger partial charge in [0.1, 0.15) is 6.20 Å². The van der Waals surface area contributed by atoms with Crippen LogP contribution in [0, 0.1) is 10.1 Å². The van der Waals surface area contributed by atoms with Crippen molar-refractivity contribution in [3.63, 3.8) is 0 Å². The summed E-state index contributed by atoms with van der Waals surface area (Å²) < 4.78 is 5.32. The van der Waals surface area contributed by atoms with Crippen molar-refractivity contribution in [2.45, 2.75) is 31.4 Å². The summed E-state index contributed by atoms with van der Waals surface area (Å²) in [7, 11) is 1.63. The molecule has 1 saturated carbocycles. The van der Waals surface area contributed by atoms with Gasteiger partial charge in [0.15, 0.2) is 0 Å². The predicted molar refractivity (Wildman–Crippen MR) is 65.8 cm³/mol. The fourth-order valence-corrected chi connectivity index (χ4v) is 2.28. The minimum atomic E-state index is -0.532. The molecule has 0 amide bonds. The zero-order valence-electron chi connectivity index (χ0n) is 9.80. The first-order valence-corrected chi connectivity index (χ1v) is 5.96. The van der Waals surface area contributed by atoms with E-state index in [2.05, 4.69) is 15.3 Å². The van der Waals surface area contributed by atoms with E-state index in [0.29, 0.717) is 0 Å². The van der Waals surface area contributed by atoms with E-state index >= 15 is 0 Å². The molecule has 1 aliphatic rings. The Morgan fingerprint density at radius 2 is 2.39 bits per heavy atom. The number of aromatic nitrogens is 2. The first-order valence-electron chi connectivity index (χ1n) is 5.58. The van der Waals surface area contributed by atoms with E-state index < -0.39 is 4.92 Å². The fourth-order valence-electron chi connectivity index (χ4n) is 2.14. The van der Waals surface area contributed by atoms with Gasteiger partial charge in [-0.15, -0.1) is 0 Å². The number of anilines is 1. The molecule has 98 valence electrons. The van der Waals surface area contributed by atoms with Crippen LogP contribution < -0.4 is 5.32 Å². The molecule has 1 aromatic rings. The summed E-state index contributed by atoms with van der Waals surface area (Å²) in [4.78, 5) is 17.8. The largest absolute Gasteiger partial charge is 0.379 e. The molecule has 2 rings (SSSR count). The molecule has 0 saturated heterocycles. The van der Waals surface area contributed by atoms with Crippen LogP contribution >= 0.6 is 11.6 Å². The van der Waals surface area contributed by atoms with Crippen molar-refractivity contribution < 1.29 is 9.66 Å². The van der Waals surface area contributed by atoms with Crippen LogP contribution in [-0.2, 0) is 4.74 Å². The molecule has 18 heavy (non-hydrogen) atoms. The zero-order chi connectivity index (χ0) is 13.1. The van der Waals surface area contributed by atoms with Gasteiger partial charge in [-0.3, -0.25) is 10.1 Å². The number of hydrogen-bond acceptors (Lipinski definition) is 6. The normalized spacial score (nSPS) is 23.0. The number of hydrogen-bond donors (Lipinski definition) is 1. The monoisotopic (exact) mass is 272 g/mol. The molecule has 1 aromatic heterocycles. The van der Waals surface area contributed by atoms with Gasteiger partial charge in [0.05, 0.1) is 17.1 Å². The first kappa shape index (κ1) is 13.0. The Labute approximate surface area is 109 Å². The van der Waals surface area contributed by atoms with Gasteiger partial charge in [0, 0.05) is 7.11 Å². The van der Waals surface area contributed by atoms with Crippen LogP contribution in [0.5, 0.6) is 0 Å². The third-order valence-corrected chi connectivity index (χ3v) is 3.20. The smallest absolute Gasteiger partial charge is 0.329 e. The van der Waals surface area contributed by atoms with Crippen LogP contribution in [0.25, 0.3) is 0 Å². The van der Waals surface area contributed by atoms with Gasteiger partial charge in [-0.2, -0.15) is 4.98 Å². The zero-order valence-corrected chi connectivity index (χ0v) is 10.6. The molecule has 0 aromatic carbocycles. The third kappa shape index (κ3) is 2.68. The highest BCUT2D eigenvalue weighted by molar-refractivity contribution is 6.28. The fraction of sp³-hybridized carbons (Fsp3) is 0.600. The Kier molecular flexibility index (Phi) is 3.93. The van der Waals surface area contributed by atoms with E-state index in [0.717, 1.165) is 25.5 Å². The molecule has 7 nitrogen and oxygen atoms in total. The number of nitro groups is 1. The molecule has 1 N–H and O–H groups in total. The summed E-state index contributed by atoms with van der Waals surface area (Å²) in [6.45, 7) is 0. The van der Waals surface area contributed by atoms with Gasteiger partial charge in [-0.1, -0.05) is 0 Å². The lowest BCUT2D eigenvalue weighted by Crippen LogP contribution is -2.30. The van der Waals surface area contributed by atoms with Crippen LogP contribution in [0.4, 0.5) is 11.5 Å². The van der Waals surface area contributed by atoms with E-state index in [9.17, 15) is 10.1 Å². The van der Waals surface area contributed by atoms with E-state index in [1.165, 1.54) is 0 Å². The summed E-state index contributed by atoms with van der Waals surface area (Å²) >= 11 is 5.66. The number of rotatable bonds is 4. The number of nitrogens with one attached hydrogen (secondary N) is 1. The van der Waals surface area contributed by atoms with Crippen molar-refractivity contribution in [3.8, 4) is 0 Å². The molecular formula is C10H13ClN4O3. The van der Waals surface area contributed by atoms with Crippen LogP contribution in [0.1, 0.15) is 19.3 Å². The molecular weight excluding hydrogens is 260 g/mol. The minimum Gasteiger partial charge on any atom is -0.379 e. The quantitative estimate of drug-likeness (QED) is 0.512. The second-order valence-corrected chi connectivity index (χ2v) is 4.42. The Morgan fingerprint density at radius 3 is 3.06 bits per heavy atom. The highest BCUT2D eigenvalue weighted by Crippen LogP contribution is 2.28. The Bertz CT molecular complexity index is 457. The van der Waals surface area contributed by atoms with Crippen molar-refractivity contribution >= 4 is 23.1 Å². The Hall–Kier alpha value is -1.47. The van der Waals surface area contributed by atoms with E-state index in [4.69, 9.17) is 16.3 Å². The molecule has 0 radical (unpaired) electrons. The predicted octanol–water partition coefficient (Wildman–Crippen LogP) is 2.02. The molecule has 2 unspecified atom stereocenters. The number of nitrogens with zero attached hydrogens (tertiary/aromatic N) is 3. The van der Waals surface area contributed by atoms with Crippen molar-refractivity contribution in [2.24, 2.45) is 0 Å². The molecule has 0 spiro atoms. The Morgan fingerprint density at radius 1 is 1.61 bits per heavy atom. The minimum absolute atomic E-state index is 0.0136.